The van der Waals surface area contributed by atoms with Crippen LogP contribution in [0.3, 0.4) is 0 Å². The van der Waals surface area contributed by atoms with E-state index in [1.54, 1.807) is 0 Å². The number of nitrogens with zero attached hydrogens (tertiary/aromatic N) is 2. The average molecular weight is 267 g/mol. The van der Waals surface area contributed by atoms with Crippen molar-refractivity contribution in [2.75, 3.05) is 0 Å². The zero-order valence-corrected chi connectivity index (χ0v) is 8.68. The second-order valence-corrected chi connectivity index (χ2v) is 3.38. The van der Waals surface area contributed by atoms with Crippen molar-refractivity contribution in [2.24, 2.45) is 0 Å². The van der Waals surface area contributed by atoms with Gasteiger partial charge in [-0.05, 0) is 29.8 Å². The first-order valence-electron chi connectivity index (χ1n) is 4.24. The highest BCUT2D eigenvalue weighted by molar-refractivity contribution is 6.27. The van der Waals surface area contributed by atoms with Crippen molar-refractivity contribution >= 4 is 11.6 Å². The minimum Gasteiger partial charge on any atom is -0.407 e. The number of halogens is 5. The number of alkyl halides is 3. The fourth-order valence-corrected chi connectivity index (χ4v) is 1.29. The van der Waals surface area contributed by atoms with Crippen molar-refractivity contribution in [2.45, 2.75) is 6.18 Å². The largest absolute Gasteiger partial charge is 0.416 e. The van der Waals surface area contributed by atoms with E-state index in [1.165, 1.54) is 0 Å². The average Bonchev–Trinajstić information content (AvgIpc) is 2.63. The van der Waals surface area contributed by atoms with Crippen molar-refractivity contribution in [1.29, 1.82) is 0 Å². The summed E-state index contributed by atoms with van der Waals surface area (Å²) in [6.45, 7) is 0. The Morgan fingerprint density at radius 1 is 1.18 bits per heavy atom. The Morgan fingerprint density at radius 3 is 2.41 bits per heavy atom. The number of hydrogen-bond donors (Lipinski definition) is 0. The summed E-state index contributed by atoms with van der Waals surface area (Å²) in [6, 6.07) is 1.88. The molecule has 90 valence electrons. The van der Waals surface area contributed by atoms with Crippen LogP contribution in [0.1, 0.15) is 5.56 Å². The highest BCUT2D eigenvalue weighted by Gasteiger charge is 2.31. The van der Waals surface area contributed by atoms with E-state index in [1.807, 2.05) is 0 Å². The Morgan fingerprint density at radius 2 is 1.88 bits per heavy atom. The van der Waals surface area contributed by atoms with Crippen molar-refractivity contribution in [3.8, 4) is 11.5 Å². The van der Waals surface area contributed by atoms with Crippen LogP contribution in [0.2, 0.25) is 5.35 Å². The van der Waals surface area contributed by atoms with Crippen LogP contribution in [0.15, 0.2) is 22.6 Å². The third-order valence-corrected chi connectivity index (χ3v) is 2.08. The summed E-state index contributed by atoms with van der Waals surface area (Å²) in [4.78, 5) is 0. The van der Waals surface area contributed by atoms with E-state index >= 15 is 0 Å². The molecule has 1 heterocycles. The summed E-state index contributed by atoms with van der Waals surface area (Å²) in [7, 11) is 0. The van der Waals surface area contributed by atoms with E-state index in [0.29, 0.717) is 18.2 Å². The molecule has 0 fully saturated rings. The molecule has 17 heavy (non-hydrogen) atoms. The fourth-order valence-electron chi connectivity index (χ4n) is 1.18. The third-order valence-electron chi connectivity index (χ3n) is 1.92. The maximum Gasteiger partial charge on any atom is 0.416 e. The quantitative estimate of drug-likeness (QED) is 0.741. The van der Waals surface area contributed by atoms with Crippen LogP contribution in [0.25, 0.3) is 11.5 Å². The van der Waals surface area contributed by atoms with Crippen LogP contribution in [-0.2, 0) is 6.18 Å². The lowest BCUT2D eigenvalue weighted by atomic mass is 10.1. The Bertz CT molecular complexity index is 552. The zero-order chi connectivity index (χ0) is 12.6. The molecule has 1 aromatic heterocycles. The van der Waals surface area contributed by atoms with Gasteiger partial charge in [-0.25, -0.2) is 4.39 Å². The van der Waals surface area contributed by atoms with Gasteiger partial charge >= 0.3 is 11.5 Å². The fraction of sp³-hybridized carbons (Fsp3) is 0.111. The Hall–Kier alpha value is -1.63. The van der Waals surface area contributed by atoms with Gasteiger partial charge < -0.3 is 4.42 Å². The topological polar surface area (TPSA) is 38.9 Å². The van der Waals surface area contributed by atoms with Gasteiger partial charge in [-0.2, -0.15) is 13.2 Å². The van der Waals surface area contributed by atoms with E-state index in [-0.39, 0.29) is 5.35 Å². The summed E-state index contributed by atoms with van der Waals surface area (Å²) in [6.07, 6.45) is -4.58. The van der Waals surface area contributed by atoms with Crippen LogP contribution < -0.4 is 0 Å². The van der Waals surface area contributed by atoms with Gasteiger partial charge in [0.2, 0.25) is 0 Å². The zero-order valence-electron chi connectivity index (χ0n) is 7.92. The summed E-state index contributed by atoms with van der Waals surface area (Å²) < 4.78 is 55.2. The highest BCUT2D eigenvalue weighted by atomic mass is 35.5. The maximum atomic E-state index is 13.3. The van der Waals surface area contributed by atoms with E-state index in [4.69, 9.17) is 11.6 Å². The molecule has 8 heteroatoms. The minimum absolute atomic E-state index is 0.378. The Balaban J connectivity index is 2.54. The first kappa shape index (κ1) is 11.8. The molecule has 1 aromatic carbocycles. The van der Waals surface area contributed by atoms with Crippen LogP contribution >= 0.6 is 11.6 Å². The standard InChI is InChI=1S/C9H3ClF4N2O/c10-8-16-15-7(17-8)5-3-4(9(12,13)14)1-2-6(5)11/h1-3H. The predicted molar refractivity (Wildman–Crippen MR) is 49.7 cm³/mol. The Kier molecular flexibility index (Phi) is 2.78. The van der Waals surface area contributed by atoms with Gasteiger partial charge in [0, 0.05) is 0 Å². The first-order valence-corrected chi connectivity index (χ1v) is 4.62. The van der Waals surface area contributed by atoms with Crippen LogP contribution in [0, 0.1) is 5.82 Å². The maximum absolute atomic E-state index is 13.3. The van der Waals surface area contributed by atoms with Crippen molar-refractivity contribution < 1.29 is 22.0 Å². The van der Waals surface area contributed by atoms with Crippen LogP contribution in [0.5, 0.6) is 0 Å². The molecule has 0 amide bonds. The van der Waals surface area contributed by atoms with E-state index in [2.05, 4.69) is 14.6 Å². The third kappa shape index (κ3) is 2.38. The lowest BCUT2D eigenvalue weighted by molar-refractivity contribution is -0.137. The number of hydrogen-bond acceptors (Lipinski definition) is 3. The van der Waals surface area contributed by atoms with E-state index in [0.717, 1.165) is 0 Å². The summed E-state index contributed by atoms with van der Waals surface area (Å²) in [5.41, 5.74) is -1.46. The van der Waals surface area contributed by atoms with Gasteiger partial charge in [0.25, 0.3) is 5.89 Å². The smallest absolute Gasteiger partial charge is 0.407 e. The molecule has 0 saturated carbocycles. The number of benzene rings is 1. The Labute approximate surface area is 97.0 Å². The van der Waals surface area contributed by atoms with Gasteiger partial charge in [-0.15, -0.1) is 5.10 Å². The molecule has 2 rings (SSSR count). The second kappa shape index (κ2) is 3.99. The molecule has 0 unspecified atom stereocenters. The molecule has 0 atom stereocenters. The predicted octanol–water partition coefficient (Wildman–Crippen LogP) is 3.55. The number of rotatable bonds is 1. The molecule has 0 aliphatic rings. The summed E-state index contributed by atoms with van der Waals surface area (Å²) in [5, 5.41) is 6.16. The van der Waals surface area contributed by atoms with Gasteiger partial charge in [0.15, 0.2) is 0 Å². The molecule has 0 radical (unpaired) electrons. The van der Waals surface area contributed by atoms with Crippen molar-refractivity contribution in [3.05, 3.63) is 34.9 Å². The molecule has 0 aliphatic heterocycles. The molecule has 2 aromatic rings. The molecule has 0 bridgehead atoms. The lowest BCUT2D eigenvalue weighted by Crippen LogP contribution is -2.05. The van der Waals surface area contributed by atoms with Gasteiger partial charge in [-0.3, -0.25) is 0 Å². The van der Waals surface area contributed by atoms with E-state index in [9.17, 15) is 17.6 Å². The molecule has 0 spiro atoms. The molecule has 3 nitrogen and oxygen atoms in total. The van der Waals surface area contributed by atoms with E-state index < -0.39 is 29.0 Å². The number of aromatic nitrogens is 2. The van der Waals surface area contributed by atoms with Gasteiger partial charge in [-0.1, -0.05) is 5.10 Å². The molecule has 0 aliphatic carbocycles. The molecular formula is C9H3ClF4N2O. The van der Waals surface area contributed by atoms with Crippen molar-refractivity contribution in [3.63, 3.8) is 0 Å². The molecule has 0 saturated heterocycles. The summed E-state index contributed by atoms with van der Waals surface area (Å²) >= 11 is 5.31. The molecule has 0 N–H and O–H groups in total. The van der Waals surface area contributed by atoms with Crippen molar-refractivity contribution in [1.82, 2.24) is 10.2 Å². The van der Waals surface area contributed by atoms with Gasteiger partial charge in [0.1, 0.15) is 5.82 Å². The minimum atomic E-state index is -4.58. The normalized spacial score (nSPS) is 11.8. The lowest BCUT2D eigenvalue weighted by Gasteiger charge is -2.07. The second-order valence-electron chi connectivity index (χ2n) is 3.05. The molecular weight excluding hydrogens is 264 g/mol. The van der Waals surface area contributed by atoms with Crippen LogP contribution in [-0.4, -0.2) is 10.2 Å². The SMILES string of the molecule is Fc1ccc(C(F)(F)F)cc1-c1nnc(Cl)o1. The monoisotopic (exact) mass is 266 g/mol. The first-order chi connectivity index (χ1) is 7.88. The van der Waals surface area contributed by atoms with Gasteiger partial charge in [0.05, 0.1) is 11.1 Å². The highest BCUT2D eigenvalue weighted by Crippen LogP contribution is 2.33. The van der Waals surface area contributed by atoms with Crippen LogP contribution in [0.4, 0.5) is 17.6 Å². The summed E-state index contributed by atoms with van der Waals surface area (Å²) in [5.74, 6) is -1.31.